The lowest BCUT2D eigenvalue weighted by molar-refractivity contribution is 0.174. The van der Waals surface area contributed by atoms with Crippen LogP contribution in [0.25, 0.3) is 22.6 Å². The first-order chi connectivity index (χ1) is 14.6. The van der Waals surface area contributed by atoms with Gasteiger partial charge in [-0.15, -0.1) is 0 Å². The number of aromatic nitrogens is 4. The van der Waals surface area contributed by atoms with E-state index in [0.717, 1.165) is 5.56 Å². The maximum Gasteiger partial charge on any atom is 0.252 e. The lowest BCUT2D eigenvalue weighted by Crippen LogP contribution is -2.08. The Balaban J connectivity index is 1.32. The summed E-state index contributed by atoms with van der Waals surface area (Å²) >= 11 is 1.25. The smallest absolute Gasteiger partial charge is 0.252 e. The van der Waals surface area contributed by atoms with Crippen LogP contribution < -0.4 is 15.0 Å². The fourth-order valence-corrected chi connectivity index (χ4v) is 3.58. The Hall–Kier alpha value is -3.66. The molecule has 10 heteroatoms. The fraction of sp³-hybridized carbons (Fsp3) is 0.100. The van der Waals surface area contributed by atoms with Crippen LogP contribution in [0.5, 0.6) is 11.5 Å². The molecule has 2 aromatic heterocycles. The first-order valence-corrected chi connectivity index (χ1v) is 9.85. The van der Waals surface area contributed by atoms with Crippen LogP contribution in [0, 0.1) is 5.82 Å². The van der Waals surface area contributed by atoms with Crippen molar-refractivity contribution in [2.75, 3.05) is 6.79 Å². The maximum absolute atomic E-state index is 13.1. The average molecular weight is 424 g/mol. The summed E-state index contributed by atoms with van der Waals surface area (Å²) in [7, 11) is 0. The second kappa shape index (κ2) is 7.64. The van der Waals surface area contributed by atoms with Gasteiger partial charge in [0.05, 0.1) is 11.4 Å². The molecule has 0 aliphatic carbocycles. The molecular weight excluding hydrogens is 411 g/mol. The molecule has 150 valence electrons. The van der Waals surface area contributed by atoms with Gasteiger partial charge in [0.2, 0.25) is 18.5 Å². The molecule has 1 N–H and O–H groups in total. The number of benzene rings is 2. The fourth-order valence-electron chi connectivity index (χ4n) is 2.87. The first kappa shape index (κ1) is 18.4. The van der Waals surface area contributed by atoms with E-state index in [9.17, 15) is 9.18 Å². The van der Waals surface area contributed by atoms with E-state index < -0.39 is 0 Å². The van der Waals surface area contributed by atoms with Gasteiger partial charge in [0.25, 0.3) is 5.56 Å². The molecule has 0 atom stereocenters. The summed E-state index contributed by atoms with van der Waals surface area (Å²) in [6, 6.07) is 12.5. The van der Waals surface area contributed by atoms with Gasteiger partial charge in [0.1, 0.15) is 5.82 Å². The van der Waals surface area contributed by atoms with E-state index in [0.29, 0.717) is 45.4 Å². The van der Waals surface area contributed by atoms with Crippen LogP contribution in [0.15, 0.2) is 63.0 Å². The number of fused-ring (bicyclic) bond motifs is 1. The number of hydrogen-bond acceptors (Lipinski definition) is 8. The van der Waals surface area contributed by atoms with Crippen LogP contribution in [-0.4, -0.2) is 26.9 Å². The third kappa shape index (κ3) is 3.77. The van der Waals surface area contributed by atoms with Gasteiger partial charge >= 0.3 is 0 Å². The van der Waals surface area contributed by atoms with E-state index >= 15 is 0 Å². The third-order valence-corrected chi connectivity index (χ3v) is 5.15. The first-order valence-electron chi connectivity index (χ1n) is 8.87. The maximum atomic E-state index is 13.1. The third-order valence-electron chi connectivity index (χ3n) is 4.29. The predicted molar refractivity (Wildman–Crippen MR) is 106 cm³/mol. The van der Waals surface area contributed by atoms with Gasteiger partial charge in [0.15, 0.2) is 16.7 Å². The molecule has 0 bridgehead atoms. The van der Waals surface area contributed by atoms with Gasteiger partial charge in [0, 0.05) is 17.2 Å². The minimum absolute atomic E-state index is 0.190. The number of thioether (sulfide) groups is 1. The Morgan fingerprint density at radius 1 is 1.00 bits per heavy atom. The van der Waals surface area contributed by atoms with Crippen molar-refractivity contribution in [1.82, 2.24) is 20.1 Å². The minimum Gasteiger partial charge on any atom is -0.454 e. The number of ether oxygens (including phenoxy) is 2. The van der Waals surface area contributed by atoms with Crippen molar-refractivity contribution in [3.05, 3.63) is 70.6 Å². The Bertz CT molecular complexity index is 1270. The predicted octanol–water partition coefficient (Wildman–Crippen LogP) is 3.65. The summed E-state index contributed by atoms with van der Waals surface area (Å²) in [5.74, 6) is 2.07. The normalized spacial score (nSPS) is 12.3. The van der Waals surface area contributed by atoms with E-state index in [-0.39, 0.29) is 18.2 Å². The van der Waals surface area contributed by atoms with Crippen LogP contribution >= 0.6 is 11.8 Å². The molecule has 1 aliphatic rings. The number of aromatic amines is 1. The molecule has 0 fully saturated rings. The molecule has 5 rings (SSSR count). The highest BCUT2D eigenvalue weighted by Gasteiger charge is 2.17. The highest BCUT2D eigenvalue weighted by molar-refractivity contribution is 7.98. The zero-order valence-electron chi connectivity index (χ0n) is 15.3. The summed E-state index contributed by atoms with van der Waals surface area (Å²) in [5.41, 5.74) is 1.53. The number of rotatable bonds is 5. The monoisotopic (exact) mass is 424 g/mol. The number of hydrogen-bond donors (Lipinski definition) is 1. The van der Waals surface area contributed by atoms with Crippen molar-refractivity contribution in [2.24, 2.45) is 0 Å². The molecule has 0 amide bonds. The summed E-state index contributed by atoms with van der Waals surface area (Å²) in [6.07, 6.45) is 0. The molecule has 0 radical (unpaired) electrons. The Morgan fingerprint density at radius 3 is 2.67 bits per heavy atom. The quantitative estimate of drug-likeness (QED) is 0.383. The molecule has 0 spiro atoms. The standard InChI is InChI=1S/C20H13FN4O4S/c21-13-4-1-11(2-5-13)14-8-17(26)23-20(22-14)30-9-18-24-19(25-29-18)12-3-6-15-16(7-12)28-10-27-15/h1-8H,9-10H2,(H,22,23,26). The van der Waals surface area contributed by atoms with Gasteiger partial charge < -0.3 is 19.0 Å². The molecule has 3 heterocycles. The Morgan fingerprint density at radius 2 is 1.80 bits per heavy atom. The van der Waals surface area contributed by atoms with Gasteiger partial charge in [-0.3, -0.25) is 4.79 Å². The Labute approximate surface area is 173 Å². The van der Waals surface area contributed by atoms with Crippen molar-refractivity contribution in [1.29, 1.82) is 0 Å². The largest absolute Gasteiger partial charge is 0.454 e. The van der Waals surface area contributed by atoms with Crippen molar-refractivity contribution >= 4 is 11.8 Å². The van der Waals surface area contributed by atoms with Gasteiger partial charge in [-0.25, -0.2) is 9.37 Å². The van der Waals surface area contributed by atoms with Crippen LogP contribution in [-0.2, 0) is 5.75 Å². The lowest BCUT2D eigenvalue weighted by Gasteiger charge is -2.03. The highest BCUT2D eigenvalue weighted by Crippen LogP contribution is 2.35. The molecule has 8 nitrogen and oxygen atoms in total. The molecule has 0 saturated heterocycles. The summed E-state index contributed by atoms with van der Waals surface area (Å²) in [6.45, 7) is 0.190. The molecule has 1 aliphatic heterocycles. The lowest BCUT2D eigenvalue weighted by atomic mass is 10.1. The number of nitrogens with zero attached hydrogens (tertiary/aromatic N) is 3. The van der Waals surface area contributed by atoms with Crippen molar-refractivity contribution in [2.45, 2.75) is 10.9 Å². The molecular formula is C20H13FN4O4S. The number of H-pyrrole nitrogens is 1. The zero-order chi connectivity index (χ0) is 20.5. The summed E-state index contributed by atoms with van der Waals surface area (Å²) < 4.78 is 29.1. The van der Waals surface area contributed by atoms with Crippen molar-refractivity contribution in [3.8, 4) is 34.1 Å². The second-order valence-electron chi connectivity index (χ2n) is 6.31. The van der Waals surface area contributed by atoms with Crippen LogP contribution in [0.2, 0.25) is 0 Å². The SMILES string of the molecule is O=c1cc(-c2ccc(F)cc2)nc(SCc2nc(-c3ccc4c(c3)OCO4)no2)[nH]1. The number of halogens is 1. The average Bonchev–Trinajstić information content (AvgIpc) is 3.41. The highest BCUT2D eigenvalue weighted by atomic mass is 32.2. The molecule has 4 aromatic rings. The van der Waals surface area contributed by atoms with Crippen LogP contribution in [0.4, 0.5) is 4.39 Å². The van der Waals surface area contributed by atoms with Crippen molar-refractivity contribution < 1.29 is 18.4 Å². The van der Waals surface area contributed by atoms with E-state index in [1.165, 1.54) is 30.0 Å². The van der Waals surface area contributed by atoms with Crippen LogP contribution in [0.1, 0.15) is 5.89 Å². The van der Waals surface area contributed by atoms with Crippen molar-refractivity contribution in [3.63, 3.8) is 0 Å². The minimum atomic E-state index is -0.354. The second-order valence-corrected chi connectivity index (χ2v) is 7.28. The van der Waals surface area contributed by atoms with Crippen LogP contribution in [0.3, 0.4) is 0 Å². The van der Waals surface area contributed by atoms with Gasteiger partial charge in [-0.1, -0.05) is 16.9 Å². The van der Waals surface area contributed by atoms with E-state index in [2.05, 4.69) is 20.1 Å². The molecule has 30 heavy (non-hydrogen) atoms. The topological polar surface area (TPSA) is 103 Å². The van der Waals surface area contributed by atoms with Gasteiger partial charge in [-0.2, -0.15) is 4.98 Å². The van der Waals surface area contributed by atoms with E-state index in [1.54, 1.807) is 24.3 Å². The summed E-state index contributed by atoms with van der Waals surface area (Å²) in [4.78, 5) is 23.5. The summed E-state index contributed by atoms with van der Waals surface area (Å²) in [5, 5.41) is 4.38. The van der Waals surface area contributed by atoms with E-state index in [4.69, 9.17) is 14.0 Å². The van der Waals surface area contributed by atoms with E-state index in [1.807, 2.05) is 6.07 Å². The molecule has 2 aromatic carbocycles. The number of nitrogens with one attached hydrogen (secondary N) is 1. The Kier molecular flexibility index (Phi) is 4.68. The van der Waals surface area contributed by atoms with Gasteiger partial charge in [-0.05, 0) is 42.5 Å². The molecule has 0 unspecified atom stereocenters. The zero-order valence-corrected chi connectivity index (χ0v) is 16.1. The molecule has 0 saturated carbocycles.